The Balaban J connectivity index is 2.18. The molecule has 1 aliphatic rings. The molecule has 1 saturated heterocycles. The van der Waals surface area contributed by atoms with Gasteiger partial charge in [0.1, 0.15) is 5.75 Å². The number of nitrogens with zero attached hydrogens (tertiary/aromatic N) is 1. The van der Waals surface area contributed by atoms with Crippen molar-refractivity contribution in [1.29, 1.82) is 0 Å². The van der Waals surface area contributed by atoms with Crippen LogP contribution in [-0.4, -0.2) is 36.0 Å². The lowest BCUT2D eigenvalue weighted by atomic mass is 10.1. The Kier molecular flexibility index (Phi) is 5.05. The Labute approximate surface area is 128 Å². The fraction of sp³-hybridized carbons (Fsp3) is 0.533. The second-order valence-electron chi connectivity index (χ2n) is 5.50. The standard InChI is InChI=1S/C15H21BrN2O2/c1-10(2)20-14-7-11(6-12(16)8-14)15(19)18-5-3-4-13(17)9-18/h6-8,10,13H,3-5,9,17H2,1-2H3. The average molecular weight is 341 g/mol. The van der Waals surface area contributed by atoms with Gasteiger partial charge in [0.2, 0.25) is 0 Å². The summed E-state index contributed by atoms with van der Waals surface area (Å²) in [5.74, 6) is 0.731. The molecule has 2 N–H and O–H groups in total. The fourth-order valence-electron chi connectivity index (χ4n) is 2.40. The van der Waals surface area contributed by atoms with Crippen molar-refractivity contribution >= 4 is 21.8 Å². The first-order valence-corrected chi connectivity index (χ1v) is 7.77. The van der Waals surface area contributed by atoms with Crippen LogP contribution in [0.25, 0.3) is 0 Å². The van der Waals surface area contributed by atoms with Gasteiger partial charge in [-0.1, -0.05) is 15.9 Å². The highest BCUT2D eigenvalue weighted by atomic mass is 79.9. The molecule has 1 heterocycles. The number of carbonyl (C=O) groups excluding carboxylic acids is 1. The number of hydrogen-bond acceptors (Lipinski definition) is 3. The Hall–Kier alpha value is -1.07. The third-order valence-corrected chi connectivity index (χ3v) is 3.69. The Morgan fingerprint density at radius 3 is 2.85 bits per heavy atom. The van der Waals surface area contributed by atoms with Gasteiger partial charge in [0.05, 0.1) is 6.10 Å². The van der Waals surface area contributed by atoms with Crippen molar-refractivity contribution < 1.29 is 9.53 Å². The van der Waals surface area contributed by atoms with Crippen molar-refractivity contribution in [2.75, 3.05) is 13.1 Å². The zero-order valence-electron chi connectivity index (χ0n) is 11.9. The van der Waals surface area contributed by atoms with Gasteiger partial charge in [-0.3, -0.25) is 4.79 Å². The van der Waals surface area contributed by atoms with Crippen LogP contribution in [-0.2, 0) is 0 Å². The molecule has 1 unspecified atom stereocenters. The summed E-state index contributed by atoms with van der Waals surface area (Å²) < 4.78 is 6.52. The lowest BCUT2D eigenvalue weighted by Crippen LogP contribution is -2.45. The molecule has 20 heavy (non-hydrogen) atoms. The van der Waals surface area contributed by atoms with Crippen LogP contribution in [0.4, 0.5) is 0 Å². The van der Waals surface area contributed by atoms with Crippen LogP contribution in [0.15, 0.2) is 22.7 Å². The molecule has 4 nitrogen and oxygen atoms in total. The molecule has 0 radical (unpaired) electrons. The molecule has 0 saturated carbocycles. The van der Waals surface area contributed by atoms with Gasteiger partial charge in [-0.15, -0.1) is 0 Å². The van der Waals surface area contributed by atoms with E-state index in [1.807, 2.05) is 30.9 Å². The summed E-state index contributed by atoms with van der Waals surface area (Å²) >= 11 is 3.43. The molecule has 0 spiro atoms. The first kappa shape index (κ1) is 15.3. The molecule has 1 fully saturated rings. The van der Waals surface area contributed by atoms with E-state index >= 15 is 0 Å². The SMILES string of the molecule is CC(C)Oc1cc(Br)cc(C(=O)N2CCCC(N)C2)c1. The summed E-state index contributed by atoms with van der Waals surface area (Å²) in [6, 6.07) is 5.59. The van der Waals surface area contributed by atoms with Gasteiger partial charge in [0.25, 0.3) is 5.91 Å². The van der Waals surface area contributed by atoms with Gasteiger partial charge in [-0.2, -0.15) is 0 Å². The molecule has 0 aromatic heterocycles. The van der Waals surface area contributed by atoms with Crippen LogP contribution in [0, 0.1) is 0 Å². The summed E-state index contributed by atoms with van der Waals surface area (Å²) in [6.45, 7) is 5.34. The highest BCUT2D eigenvalue weighted by Gasteiger charge is 2.23. The number of nitrogens with two attached hydrogens (primary N) is 1. The van der Waals surface area contributed by atoms with Crippen LogP contribution in [0.1, 0.15) is 37.0 Å². The molecule has 2 rings (SSSR count). The second kappa shape index (κ2) is 6.59. The van der Waals surface area contributed by atoms with E-state index in [2.05, 4.69) is 15.9 Å². The van der Waals surface area contributed by atoms with Crippen molar-refractivity contribution in [2.45, 2.75) is 38.8 Å². The number of carbonyl (C=O) groups is 1. The number of rotatable bonds is 3. The number of likely N-dealkylation sites (tertiary alicyclic amines) is 1. The minimum Gasteiger partial charge on any atom is -0.491 e. The summed E-state index contributed by atoms with van der Waals surface area (Å²) in [4.78, 5) is 14.4. The molecule has 5 heteroatoms. The molecule has 0 aliphatic carbocycles. The van der Waals surface area contributed by atoms with Crippen molar-refractivity contribution in [3.63, 3.8) is 0 Å². The maximum atomic E-state index is 12.5. The van der Waals surface area contributed by atoms with E-state index < -0.39 is 0 Å². The lowest BCUT2D eigenvalue weighted by molar-refractivity contribution is 0.0708. The highest BCUT2D eigenvalue weighted by Crippen LogP contribution is 2.24. The first-order chi connectivity index (χ1) is 9.45. The van der Waals surface area contributed by atoms with Crippen LogP contribution >= 0.6 is 15.9 Å². The fourth-order valence-corrected chi connectivity index (χ4v) is 2.88. The van der Waals surface area contributed by atoms with Crippen LogP contribution in [0.2, 0.25) is 0 Å². The van der Waals surface area contributed by atoms with E-state index in [4.69, 9.17) is 10.5 Å². The maximum absolute atomic E-state index is 12.5. The molecule has 1 atom stereocenters. The van der Waals surface area contributed by atoms with E-state index in [-0.39, 0.29) is 18.1 Å². The number of piperidine rings is 1. The van der Waals surface area contributed by atoms with E-state index in [9.17, 15) is 4.79 Å². The van der Waals surface area contributed by atoms with Gasteiger partial charge >= 0.3 is 0 Å². The molecule has 1 amide bonds. The van der Waals surface area contributed by atoms with Gasteiger partial charge in [-0.05, 0) is 44.9 Å². The summed E-state index contributed by atoms with van der Waals surface area (Å²) in [5.41, 5.74) is 6.58. The average Bonchev–Trinajstić information content (AvgIpc) is 2.36. The van der Waals surface area contributed by atoms with E-state index in [1.54, 1.807) is 6.07 Å². The minimum atomic E-state index is 0.0232. The minimum absolute atomic E-state index is 0.0232. The van der Waals surface area contributed by atoms with Crippen LogP contribution in [0.5, 0.6) is 5.75 Å². The summed E-state index contributed by atoms with van der Waals surface area (Å²) in [5, 5.41) is 0. The van der Waals surface area contributed by atoms with Gasteiger partial charge < -0.3 is 15.4 Å². The maximum Gasteiger partial charge on any atom is 0.254 e. The third-order valence-electron chi connectivity index (χ3n) is 3.24. The van der Waals surface area contributed by atoms with Gasteiger partial charge in [0, 0.05) is 29.2 Å². The molecule has 1 aromatic carbocycles. The smallest absolute Gasteiger partial charge is 0.254 e. The first-order valence-electron chi connectivity index (χ1n) is 6.98. The van der Waals surface area contributed by atoms with Crippen molar-refractivity contribution in [3.8, 4) is 5.75 Å². The zero-order valence-corrected chi connectivity index (χ0v) is 13.5. The number of ether oxygens (including phenoxy) is 1. The Morgan fingerprint density at radius 1 is 1.45 bits per heavy atom. The number of halogens is 1. The van der Waals surface area contributed by atoms with E-state index in [0.717, 1.165) is 23.9 Å². The highest BCUT2D eigenvalue weighted by molar-refractivity contribution is 9.10. The number of amides is 1. The molecule has 1 aliphatic heterocycles. The summed E-state index contributed by atoms with van der Waals surface area (Å²) in [6.07, 6.45) is 2.04. The van der Waals surface area contributed by atoms with Crippen LogP contribution in [0.3, 0.4) is 0 Å². The topological polar surface area (TPSA) is 55.6 Å². The summed E-state index contributed by atoms with van der Waals surface area (Å²) in [7, 11) is 0. The second-order valence-corrected chi connectivity index (χ2v) is 6.41. The van der Waals surface area contributed by atoms with Crippen molar-refractivity contribution in [1.82, 2.24) is 4.90 Å². The van der Waals surface area contributed by atoms with E-state index in [0.29, 0.717) is 17.9 Å². The molecule has 110 valence electrons. The largest absolute Gasteiger partial charge is 0.491 e. The van der Waals surface area contributed by atoms with Crippen LogP contribution < -0.4 is 10.5 Å². The third kappa shape index (κ3) is 3.96. The normalized spacial score (nSPS) is 19.2. The number of hydrogen-bond donors (Lipinski definition) is 1. The van der Waals surface area contributed by atoms with Gasteiger partial charge in [-0.25, -0.2) is 0 Å². The molecular weight excluding hydrogens is 320 g/mol. The van der Waals surface area contributed by atoms with Gasteiger partial charge in [0.15, 0.2) is 0 Å². The monoisotopic (exact) mass is 340 g/mol. The Morgan fingerprint density at radius 2 is 2.20 bits per heavy atom. The van der Waals surface area contributed by atoms with Crippen molar-refractivity contribution in [3.05, 3.63) is 28.2 Å². The molecular formula is C15H21BrN2O2. The Bertz CT molecular complexity index is 491. The van der Waals surface area contributed by atoms with Crippen molar-refractivity contribution in [2.24, 2.45) is 5.73 Å². The quantitative estimate of drug-likeness (QED) is 0.920. The molecule has 0 bridgehead atoms. The van der Waals surface area contributed by atoms with E-state index in [1.165, 1.54) is 0 Å². The zero-order chi connectivity index (χ0) is 14.7. The molecule has 1 aromatic rings. The predicted molar refractivity (Wildman–Crippen MR) is 83.0 cm³/mol. The predicted octanol–water partition coefficient (Wildman–Crippen LogP) is 2.80. The lowest BCUT2D eigenvalue weighted by Gasteiger charge is -2.31. The number of benzene rings is 1.